The topological polar surface area (TPSA) is 27.8 Å². The third kappa shape index (κ3) is 3.11. The molecule has 1 saturated carbocycles. The van der Waals surface area contributed by atoms with Gasteiger partial charge in [0.2, 0.25) is 0 Å². The summed E-state index contributed by atoms with van der Waals surface area (Å²) in [6.07, 6.45) is 10.4. The molecule has 2 N–H and O–H groups in total. The van der Waals surface area contributed by atoms with Gasteiger partial charge in [0.1, 0.15) is 0 Å². The molecule has 1 aromatic heterocycles. The molecule has 0 amide bonds. The van der Waals surface area contributed by atoms with Crippen molar-refractivity contribution in [2.24, 2.45) is 5.92 Å². The molecule has 1 aliphatic rings. The first-order valence-electron chi connectivity index (χ1n) is 6.75. The van der Waals surface area contributed by atoms with Crippen LogP contribution in [-0.2, 0) is 6.54 Å². The average Bonchev–Trinajstić information content (AvgIpc) is 2.84. The van der Waals surface area contributed by atoms with E-state index in [1.807, 2.05) is 6.20 Å². The Kier molecular flexibility index (Phi) is 4.46. The van der Waals surface area contributed by atoms with Gasteiger partial charge in [0.05, 0.1) is 0 Å². The lowest BCUT2D eigenvalue weighted by Gasteiger charge is -2.30. The van der Waals surface area contributed by atoms with E-state index in [-0.39, 0.29) is 0 Å². The molecule has 90 valence electrons. The van der Waals surface area contributed by atoms with Crippen LogP contribution in [0.3, 0.4) is 0 Å². The lowest BCUT2D eigenvalue weighted by molar-refractivity contribution is 0.261. The number of hydrogen-bond donors (Lipinski definition) is 2. The van der Waals surface area contributed by atoms with Crippen LogP contribution in [0.1, 0.15) is 51.1 Å². The number of aromatic nitrogens is 1. The minimum atomic E-state index is 0.712. The van der Waals surface area contributed by atoms with Crippen molar-refractivity contribution in [3.8, 4) is 0 Å². The summed E-state index contributed by atoms with van der Waals surface area (Å²) in [7, 11) is 0. The number of hydrogen-bond acceptors (Lipinski definition) is 1. The predicted octanol–water partition coefficient (Wildman–Crippen LogP) is 3.46. The van der Waals surface area contributed by atoms with E-state index in [0.29, 0.717) is 6.04 Å². The van der Waals surface area contributed by atoms with Crippen LogP contribution in [0.15, 0.2) is 18.3 Å². The number of rotatable bonds is 5. The molecule has 0 saturated heterocycles. The van der Waals surface area contributed by atoms with E-state index in [1.165, 1.54) is 44.2 Å². The van der Waals surface area contributed by atoms with E-state index in [9.17, 15) is 0 Å². The number of nitrogens with one attached hydrogen (secondary N) is 2. The van der Waals surface area contributed by atoms with Gasteiger partial charge in [-0.25, -0.2) is 0 Å². The summed E-state index contributed by atoms with van der Waals surface area (Å²) < 4.78 is 0. The highest BCUT2D eigenvalue weighted by atomic mass is 14.9. The van der Waals surface area contributed by atoms with Crippen molar-refractivity contribution in [3.63, 3.8) is 0 Å². The molecule has 1 heterocycles. The van der Waals surface area contributed by atoms with Gasteiger partial charge in [-0.2, -0.15) is 0 Å². The number of H-pyrrole nitrogens is 1. The van der Waals surface area contributed by atoms with E-state index < -0.39 is 0 Å². The largest absolute Gasteiger partial charge is 0.364 e. The van der Waals surface area contributed by atoms with Gasteiger partial charge in [0.25, 0.3) is 0 Å². The van der Waals surface area contributed by atoms with Gasteiger partial charge in [-0.3, -0.25) is 0 Å². The molecule has 1 unspecified atom stereocenters. The quantitative estimate of drug-likeness (QED) is 0.781. The molecule has 0 aromatic carbocycles. The third-order valence-corrected chi connectivity index (χ3v) is 3.88. The van der Waals surface area contributed by atoms with Gasteiger partial charge in [-0.1, -0.05) is 26.2 Å². The summed E-state index contributed by atoms with van der Waals surface area (Å²) in [6, 6.07) is 4.93. The molecule has 2 heteroatoms. The summed E-state index contributed by atoms with van der Waals surface area (Å²) in [5, 5.41) is 3.71. The van der Waals surface area contributed by atoms with Crippen LogP contribution in [-0.4, -0.2) is 11.0 Å². The molecule has 0 aliphatic heterocycles. The minimum Gasteiger partial charge on any atom is -0.364 e. The molecular formula is C14H24N2. The maximum absolute atomic E-state index is 3.71. The fraction of sp³-hybridized carbons (Fsp3) is 0.714. The predicted molar refractivity (Wildman–Crippen MR) is 68.3 cm³/mol. The molecule has 0 bridgehead atoms. The Morgan fingerprint density at radius 2 is 2.19 bits per heavy atom. The van der Waals surface area contributed by atoms with E-state index >= 15 is 0 Å². The van der Waals surface area contributed by atoms with Crippen LogP contribution in [0.4, 0.5) is 0 Å². The molecule has 2 nitrogen and oxygen atoms in total. The lowest BCUT2D eigenvalue weighted by atomic mass is 9.83. The van der Waals surface area contributed by atoms with Crippen molar-refractivity contribution in [3.05, 3.63) is 24.0 Å². The summed E-state index contributed by atoms with van der Waals surface area (Å²) in [5.41, 5.74) is 1.30. The zero-order chi connectivity index (χ0) is 11.2. The Balaban J connectivity index is 1.80. The summed E-state index contributed by atoms with van der Waals surface area (Å²) in [4.78, 5) is 3.26. The second kappa shape index (κ2) is 6.09. The first-order chi connectivity index (χ1) is 7.90. The Hall–Kier alpha value is -0.760. The molecular weight excluding hydrogens is 196 g/mol. The van der Waals surface area contributed by atoms with Crippen LogP contribution >= 0.6 is 0 Å². The van der Waals surface area contributed by atoms with Gasteiger partial charge < -0.3 is 10.3 Å². The van der Waals surface area contributed by atoms with Gasteiger partial charge in [0.15, 0.2) is 0 Å². The second-order valence-corrected chi connectivity index (χ2v) is 4.99. The zero-order valence-corrected chi connectivity index (χ0v) is 10.3. The lowest BCUT2D eigenvalue weighted by Crippen LogP contribution is -2.36. The highest BCUT2D eigenvalue weighted by Crippen LogP contribution is 2.27. The molecule has 0 radical (unpaired) electrons. The van der Waals surface area contributed by atoms with Gasteiger partial charge >= 0.3 is 0 Å². The maximum atomic E-state index is 3.71. The van der Waals surface area contributed by atoms with Gasteiger partial charge in [-0.15, -0.1) is 0 Å². The molecule has 1 fully saturated rings. The standard InChI is InChI=1S/C14H24N2/c1-2-14(12-7-4-3-5-8-12)16-11-13-9-6-10-15-13/h6,9-10,12,14-16H,2-5,7-8,11H2,1H3. The zero-order valence-electron chi connectivity index (χ0n) is 10.3. The fourth-order valence-electron chi connectivity index (χ4n) is 2.90. The van der Waals surface area contributed by atoms with Crippen molar-refractivity contribution in [2.75, 3.05) is 0 Å². The first kappa shape index (κ1) is 11.7. The van der Waals surface area contributed by atoms with E-state index in [2.05, 4.69) is 29.4 Å². The molecule has 0 spiro atoms. The van der Waals surface area contributed by atoms with E-state index in [1.54, 1.807) is 0 Å². The molecule has 1 atom stereocenters. The summed E-state index contributed by atoms with van der Waals surface area (Å²) in [5.74, 6) is 0.911. The number of aromatic amines is 1. The first-order valence-corrected chi connectivity index (χ1v) is 6.75. The Labute approximate surface area is 98.8 Å². The normalized spacial score (nSPS) is 19.8. The Morgan fingerprint density at radius 3 is 2.81 bits per heavy atom. The van der Waals surface area contributed by atoms with Crippen LogP contribution < -0.4 is 5.32 Å². The Bertz CT molecular complexity index is 273. The molecule has 1 aliphatic carbocycles. The molecule has 1 aromatic rings. The minimum absolute atomic E-state index is 0.712. The van der Waals surface area contributed by atoms with Gasteiger partial charge in [0, 0.05) is 24.5 Å². The van der Waals surface area contributed by atoms with Crippen molar-refractivity contribution in [2.45, 2.75) is 58.0 Å². The fourth-order valence-corrected chi connectivity index (χ4v) is 2.90. The maximum Gasteiger partial charge on any atom is 0.0359 e. The highest BCUT2D eigenvalue weighted by molar-refractivity contribution is 5.03. The third-order valence-electron chi connectivity index (χ3n) is 3.88. The van der Waals surface area contributed by atoms with E-state index in [0.717, 1.165) is 12.5 Å². The highest BCUT2D eigenvalue weighted by Gasteiger charge is 2.21. The summed E-state index contributed by atoms with van der Waals surface area (Å²) >= 11 is 0. The van der Waals surface area contributed by atoms with Crippen LogP contribution in [0.25, 0.3) is 0 Å². The van der Waals surface area contributed by atoms with Crippen LogP contribution in [0.5, 0.6) is 0 Å². The van der Waals surface area contributed by atoms with Crippen molar-refractivity contribution >= 4 is 0 Å². The Morgan fingerprint density at radius 1 is 1.38 bits per heavy atom. The van der Waals surface area contributed by atoms with E-state index in [4.69, 9.17) is 0 Å². The van der Waals surface area contributed by atoms with Crippen molar-refractivity contribution in [1.82, 2.24) is 10.3 Å². The van der Waals surface area contributed by atoms with Crippen LogP contribution in [0.2, 0.25) is 0 Å². The molecule has 16 heavy (non-hydrogen) atoms. The SMILES string of the molecule is CCC(NCc1ccc[nH]1)C1CCCCC1. The summed E-state index contributed by atoms with van der Waals surface area (Å²) in [6.45, 7) is 3.29. The van der Waals surface area contributed by atoms with Gasteiger partial charge in [-0.05, 0) is 37.3 Å². The average molecular weight is 220 g/mol. The van der Waals surface area contributed by atoms with Crippen LogP contribution in [0, 0.1) is 5.92 Å². The molecule has 2 rings (SSSR count). The smallest absolute Gasteiger partial charge is 0.0359 e. The second-order valence-electron chi connectivity index (χ2n) is 4.99. The monoisotopic (exact) mass is 220 g/mol. The van der Waals surface area contributed by atoms with Crippen molar-refractivity contribution < 1.29 is 0 Å². The van der Waals surface area contributed by atoms with Crippen molar-refractivity contribution in [1.29, 1.82) is 0 Å².